The second-order valence-electron chi connectivity index (χ2n) is 7.31. The predicted octanol–water partition coefficient (Wildman–Crippen LogP) is 5.62. The van der Waals surface area contributed by atoms with Gasteiger partial charge in [0.25, 0.3) is 5.91 Å². The quantitative estimate of drug-likeness (QED) is 0.402. The van der Waals surface area contributed by atoms with Crippen LogP contribution >= 0.6 is 0 Å². The van der Waals surface area contributed by atoms with Gasteiger partial charge in [-0.25, -0.2) is 4.39 Å². The molecule has 3 aromatic carbocycles. The highest BCUT2D eigenvalue weighted by Gasteiger charge is 2.22. The Hall–Kier alpha value is -4.26. The summed E-state index contributed by atoms with van der Waals surface area (Å²) in [5.74, 6) is 0.694. The van der Waals surface area contributed by atoms with Gasteiger partial charge in [-0.2, -0.15) is 0 Å². The number of hydrogen-bond donors (Lipinski definition) is 1. The Balaban J connectivity index is 1.65. The minimum Gasteiger partial charge on any atom is -0.455 e. The van der Waals surface area contributed by atoms with E-state index in [1.54, 1.807) is 26.1 Å². The summed E-state index contributed by atoms with van der Waals surface area (Å²) >= 11 is 0. The fraction of sp³-hybridized carbons (Fsp3) is 0.0800. The molecule has 0 atom stereocenters. The van der Waals surface area contributed by atoms with Crippen LogP contribution in [0, 0.1) is 12.7 Å². The number of carbonyl (C=O) groups excluding carboxylic acids is 1. The summed E-state index contributed by atoms with van der Waals surface area (Å²) in [7, 11) is 1.56. The van der Waals surface area contributed by atoms with Crippen molar-refractivity contribution < 1.29 is 18.0 Å². The maximum Gasteiger partial charge on any atom is 0.255 e. The van der Waals surface area contributed by atoms with Crippen LogP contribution in [-0.4, -0.2) is 23.2 Å². The third-order valence-corrected chi connectivity index (χ3v) is 5.22. The SMILES string of the molecule is CNC(=O)c1c(-c2ccc(F)cc2)oc2ccc(-c3cccc(-c4nnc(C)o4)c3)cc12. The Labute approximate surface area is 182 Å². The Bertz CT molecular complexity index is 1450. The molecule has 2 heterocycles. The third-order valence-electron chi connectivity index (χ3n) is 5.22. The lowest BCUT2D eigenvalue weighted by Gasteiger charge is -2.05. The first kappa shape index (κ1) is 19.7. The number of halogens is 1. The first-order valence-corrected chi connectivity index (χ1v) is 9.99. The van der Waals surface area contributed by atoms with E-state index in [-0.39, 0.29) is 11.7 Å². The summed E-state index contributed by atoms with van der Waals surface area (Å²) in [6, 6.07) is 19.3. The fourth-order valence-electron chi connectivity index (χ4n) is 3.68. The lowest BCUT2D eigenvalue weighted by atomic mass is 9.99. The number of nitrogens with zero attached hydrogens (tertiary/aromatic N) is 2. The van der Waals surface area contributed by atoms with Crippen molar-refractivity contribution in [1.82, 2.24) is 15.5 Å². The Morgan fingerprint density at radius 1 is 0.875 bits per heavy atom. The van der Waals surface area contributed by atoms with E-state index in [4.69, 9.17) is 8.83 Å². The normalized spacial score (nSPS) is 11.1. The molecule has 0 saturated carbocycles. The van der Waals surface area contributed by atoms with E-state index < -0.39 is 0 Å². The van der Waals surface area contributed by atoms with Crippen LogP contribution < -0.4 is 5.32 Å². The largest absolute Gasteiger partial charge is 0.455 e. The van der Waals surface area contributed by atoms with Gasteiger partial charge in [0, 0.05) is 30.5 Å². The second kappa shape index (κ2) is 7.77. The number of fused-ring (bicyclic) bond motifs is 1. The number of hydrogen-bond acceptors (Lipinski definition) is 5. The maximum atomic E-state index is 13.4. The third kappa shape index (κ3) is 3.43. The molecule has 0 bridgehead atoms. The van der Waals surface area contributed by atoms with Gasteiger partial charge in [-0.3, -0.25) is 4.79 Å². The van der Waals surface area contributed by atoms with Crippen molar-refractivity contribution in [3.8, 4) is 33.9 Å². The summed E-state index contributed by atoms with van der Waals surface area (Å²) in [5.41, 5.74) is 4.21. The van der Waals surface area contributed by atoms with Gasteiger partial charge in [0.05, 0.1) is 5.56 Å². The molecule has 1 N–H and O–H groups in total. The monoisotopic (exact) mass is 427 g/mol. The number of furan rings is 1. The van der Waals surface area contributed by atoms with Gasteiger partial charge in [-0.1, -0.05) is 18.2 Å². The number of amides is 1. The summed E-state index contributed by atoms with van der Waals surface area (Å²) in [6.45, 7) is 1.74. The van der Waals surface area contributed by atoms with Gasteiger partial charge in [0.2, 0.25) is 11.8 Å². The first-order valence-electron chi connectivity index (χ1n) is 9.99. The molecule has 6 nitrogen and oxygen atoms in total. The fourth-order valence-corrected chi connectivity index (χ4v) is 3.68. The first-order chi connectivity index (χ1) is 15.5. The highest BCUT2D eigenvalue weighted by atomic mass is 19.1. The molecule has 0 spiro atoms. The maximum absolute atomic E-state index is 13.4. The van der Waals surface area contributed by atoms with Crippen LogP contribution in [0.5, 0.6) is 0 Å². The molecule has 32 heavy (non-hydrogen) atoms. The lowest BCUT2D eigenvalue weighted by molar-refractivity contribution is 0.0964. The molecule has 5 aromatic rings. The van der Waals surface area contributed by atoms with E-state index in [2.05, 4.69) is 15.5 Å². The van der Waals surface area contributed by atoms with E-state index in [9.17, 15) is 9.18 Å². The topological polar surface area (TPSA) is 81.2 Å². The van der Waals surface area contributed by atoms with E-state index in [1.807, 2.05) is 42.5 Å². The van der Waals surface area contributed by atoms with Gasteiger partial charge in [0.1, 0.15) is 17.2 Å². The average molecular weight is 427 g/mol. The van der Waals surface area contributed by atoms with Crippen molar-refractivity contribution in [2.24, 2.45) is 0 Å². The standard InChI is InChI=1S/C25H18FN3O3/c1-14-28-29-25(31-14)18-5-3-4-16(12-18)17-8-11-21-20(13-17)22(24(30)27-2)23(32-21)15-6-9-19(26)10-7-15/h3-13H,1-2H3,(H,27,30). The predicted molar refractivity (Wildman–Crippen MR) is 118 cm³/mol. The van der Waals surface area contributed by atoms with Crippen molar-refractivity contribution in [3.63, 3.8) is 0 Å². The number of nitrogens with one attached hydrogen (secondary N) is 1. The van der Waals surface area contributed by atoms with Gasteiger partial charge in [-0.05, 0) is 59.7 Å². The minimum absolute atomic E-state index is 0.282. The molecule has 1 amide bonds. The van der Waals surface area contributed by atoms with Gasteiger partial charge in [-0.15, -0.1) is 10.2 Å². The summed E-state index contributed by atoms with van der Waals surface area (Å²) < 4.78 is 25.0. The van der Waals surface area contributed by atoms with Crippen LogP contribution in [-0.2, 0) is 0 Å². The van der Waals surface area contributed by atoms with Crippen molar-refractivity contribution in [2.75, 3.05) is 7.05 Å². The zero-order valence-corrected chi connectivity index (χ0v) is 17.3. The zero-order valence-electron chi connectivity index (χ0n) is 17.3. The summed E-state index contributed by atoms with van der Waals surface area (Å²) in [4.78, 5) is 12.8. The molecule has 2 aromatic heterocycles. The smallest absolute Gasteiger partial charge is 0.255 e. The van der Waals surface area contributed by atoms with E-state index in [0.717, 1.165) is 16.7 Å². The molecule has 0 aliphatic carbocycles. The molecule has 5 rings (SSSR count). The van der Waals surface area contributed by atoms with E-state index >= 15 is 0 Å². The molecule has 0 aliphatic rings. The average Bonchev–Trinajstić information content (AvgIpc) is 3.42. The van der Waals surface area contributed by atoms with Gasteiger partial charge >= 0.3 is 0 Å². The molecular formula is C25H18FN3O3. The van der Waals surface area contributed by atoms with Crippen molar-refractivity contribution in [2.45, 2.75) is 6.92 Å². The number of rotatable bonds is 4. The number of aryl methyl sites for hydroxylation is 1. The Morgan fingerprint density at radius 2 is 1.59 bits per heavy atom. The van der Waals surface area contributed by atoms with Crippen LogP contribution in [0.2, 0.25) is 0 Å². The van der Waals surface area contributed by atoms with Crippen LogP contribution in [0.4, 0.5) is 4.39 Å². The molecule has 0 fully saturated rings. The second-order valence-corrected chi connectivity index (χ2v) is 7.31. The molecule has 0 radical (unpaired) electrons. The molecular weight excluding hydrogens is 409 g/mol. The van der Waals surface area contributed by atoms with Crippen LogP contribution in [0.25, 0.3) is 44.9 Å². The molecule has 0 saturated heterocycles. The zero-order chi connectivity index (χ0) is 22.2. The number of aromatic nitrogens is 2. The minimum atomic E-state index is -0.357. The molecule has 158 valence electrons. The summed E-state index contributed by atoms with van der Waals surface area (Å²) in [5, 5.41) is 11.3. The molecule has 0 aliphatic heterocycles. The highest BCUT2D eigenvalue weighted by Crippen LogP contribution is 2.36. The Kier molecular flexibility index (Phi) is 4.78. The lowest BCUT2D eigenvalue weighted by Crippen LogP contribution is -2.18. The van der Waals surface area contributed by atoms with E-state index in [0.29, 0.717) is 39.6 Å². The van der Waals surface area contributed by atoms with Crippen LogP contribution in [0.3, 0.4) is 0 Å². The van der Waals surface area contributed by atoms with Crippen molar-refractivity contribution in [1.29, 1.82) is 0 Å². The highest BCUT2D eigenvalue weighted by molar-refractivity contribution is 6.11. The van der Waals surface area contributed by atoms with Crippen molar-refractivity contribution in [3.05, 3.63) is 84.0 Å². The number of benzene rings is 3. The van der Waals surface area contributed by atoms with E-state index in [1.165, 1.54) is 12.1 Å². The van der Waals surface area contributed by atoms with Crippen LogP contribution in [0.15, 0.2) is 75.6 Å². The van der Waals surface area contributed by atoms with Gasteiger partial charge in [0.15, 0.2) is 0 Å². The Morgan fingerprint density at radius 3 is 2.31 bits per heavy atom. The number of carbonyl (C=O) groups is 1. The summed E-state index contributed by atoms with van der Waals surface area (Å²) in [6.07, 6.45) is 0. The van der Waals surface area contributed by atoms with Crippen LogP contribution in [0.1, 0.15) is 16.2 Å². The van der Waals surface area contributed by atoms with Crippen molar-refractivity contribution >= 4 is 16.9 Å². The molecule has 0 unspecified atom stereocenters. The van der Waals surface area contributed by atoms with Gasteiger partial charge < -0.3 is 14.2 Å². The molecule has 7 heteroatoms.